The molecular formula is C21H28N2O5S. The molecule has 0 aliphatic carbocycles. The van der Waals surface area contributed by atoms with E-state index < -0.39 is 16.1 Å². The molecule has 1 N–H and O–H groups in total. The maximum absolute atomic E-state index is 12.6. The Morgan fingerprint density at radius 2 is 1.72 bits per heavy atom. The predicted molar refractivity (Wildman–Crippen MR) is 114 cm³/mol. The van der Waals surface area contributed by atoms with E-state index in [4.69, 9.17) is 9.47 Å². The highest BCUT2D eigenvalue weighted by atomic mass is 32.2. The van der Waals surface area contributed by atoms with E-state index in [0.29, 0.717) is 18.0 Å². The first kappa shape index (κ1) is 22.5. The Bertz CT molecular complexity index is 913. The summed E-state index contributed by atoms with van der Waals surface area (Å²) in [4.78, 5) is 12.6. The van der Waals surface area contributed by atoms with Crippen LogP contribution in [0.15, 0.2) is 48.5 Å². The van der Waals surface area contributed by atoms with Crippen molar-refractivity contribution in [2.24, 2.45) is 0 Å². The van der Waals surface area contributed by atoms with Gasteiger partial charge in [0.05, 0.1) is 26.2 Å². The van der Waals surface area contributed by atoms with Crippen LogP contribution in [0.2, 0.25) is 0 Å². The summed E-state index contributed by atoms with van der Waals surface area (Å²) in [5.41, 5.74) is 1.52. The highest BCUT2D eigenvalue weighted by Crippen LogP contribution is 2.25. The smallest absolute Gasteiger partial charge is 0.243 e. The monoisotopic (exact) mass is 420 g/mol. The zero-order valence-electron chi connectivity index (χ0n) is 17.2. The lowest BCUT2D eigenvalue weighted by molar-refractivity contribution is -0.121. The standard InChI is InChI=1S/C21H28N2O5S/c1-16(23(29(4,25)26)18-8-5-9-20(15-18)28-3)21(24)22-14-6-7-17-10-12-19(27-2)13-11-17/h5,8-13,15-16H,6-7,14H2,1-4H3,(H,22,24)/t16-/m0/s1. The van der Waals surface area contributed by atoms with Gasteiger partial charge in [0.15, 0.2) is 0 Å². The van der Waals surface area contributed by atoms with Gasteiger partial charge < -0.3 is 14.8 Å². The fraction of sp³-hybridized carbons (Fsp3) is 0.381. The molecule has 1 amide bonds. The molecule has 1 atom stereocenters. The first-order valence-corrected chi connectivity index (χ1v) is 11.1. The third-order valence-corrected chi connectivity index (χ3v) is 5.74. The fourth-order valence-corrected chi connectivity index (χ4v) is 4.17. The van der Waals surface area contributed by atoms with E-state index in [1.807, 2.05) is 24.3 Å². The number of nitrogens with one attached hydrogen (secondary N) is 1. The number of hydrogen-bond donors (Lipinski definition) is 1. The third-order valence-electron chi connectivity index (χ3n) is 4.50. The summed E-state index contributed by atoms with van der Waals surface area (Å²) in [6.07, 6.45) is 2.62. The van der Waals surface area contributed by atoms with Gasteiger partial charge in [-0.1, -0.05) is 18.2 Å². The van der Waals surface area contributed by atoms with Gasteiger partial charge in [0.25, 0.3) is 0 Å². The molecule has 2 aromatic carbocycles. The number of carbonyl (C=O) groups is 1. The first-order valence-electron chi connectivity index (χ1n) is 9.30. The number of rotatable bonds is 10. The summed E-state index contributed by atoms with van der Waals surface area (Å²) in [5.74, 6) is 0.963. The second kappa shape index (κ2) is 10.2. The van der Waals surface area contributed by atoms with Crippen LogP contribution in [0.5, 0.6) is 11.5 Å². The van der Waals surface area contributed by atoms with Crippen LogP contribution in [-0.4, -0.2) is 47.4 Å². The Labute approximate surface area is 172 Å². The quantitative estimate of drug-likeness (QED) is 0.597. The number of amides is 1. The minimum atomic E-state index is -3.66. The molecule has 29 heavy (non-hydrogen) atoms. The van der Waals surface area contributed by atoms with Crippen molar-refractivity contribution in [3.05, 3.63) is 54.1 Å². The summed E-state index contributed by atoms with van der Waals surface area (Å²) in [6, 6.07) is 13.5. The molecule has 8 heteroatoms. The lowest BCUT2D eigenvalue weighted by Gasteiger charge is -2.28. The van der Waals surface area contributed by atoms with Crippen LogP contribution in [-0.2, 0) is 21.2 Å². The van der Waals surface area contributed by atoms with Gasteiger partial charge in [0.2, 0.25) is 15.9 Å². The highest BCUT2D eigenvalue weighted by molar-refractivity contribution is 7.92. The molecule has 0 aromatic heterocycles. The van der Waals surface area contributed by atoms with Crippen LogP contribution in [0.25, 0.3) is 0 Å². The van der Waals surface area contributed by atoms with Crippen molar-refractivity contribution in [2.45, 2.75) is 25.8 Å². The molecule has 0 aliphatic rings. The molecule has 7 nitrogen and oxygen atoms in total. The fourth-order valence-electron chi connectivity index (χ4n) is 3.00. The van der Waals surface area contributed by atoms with Gasteiger partial charge in [-0.3, -0.25) is 9.10 Å². The normalized spacial score (nSPS) is 12.1. The Kier molecular flexibility index (Phi) is 7.90. The van der Waals surface area contributed by atoms with Crippen molar-refractivity contribution in [3.8, 4) is 11.5 Å². The predicted octanol–water partition coefficient (Wildman–Crippen LogP) is 2.61. The van der Waals surface area contributed by atoms with E-state index in [1.54, 1.807) is 38.3 Å². The molecule has 0 radical (unpaired) electrons. The van der Waals surface area contributed by atoms with Crippen molar-refractivity contribution in [3.63, 3.8) is 0 Å². The summed E-state index contributed by atoms with van der Waals surface area (Å²) in [5, 5.41) is 2.83. The van der Waals surface area contributed by atoms with Gasteiger partial charge in [-0.25, -0.2) is 8.42 Å². The SMILES string of the molecule is COc1ccc(CCCNC(=O)[C@H](C)N(c2cccc(OC)c2)S(C)(=O)=O)cc1. The van der Waals surface area contributed by atoms with Crippen molar-refractivity contribution in [2.75, 3.05) is 31.3 Å². The molecular weight excluding hydrogens is 392 g/mol. The topological polar surface area (TPSA) is 84.9 Å². The summed E-state index contributed by atoms with van der Waals surface area (Å²) < 4.78 is 36.1. The van der Waals surface area contributed by atoms with Gasteiger partial charge in [-0.05, 0) is 49.6 Å². The minimum Gasteiger partial charge on any atom is -0.497 e. The maximum Gasteiger partial charge on any atom is 0.243 e. The van der Waals surface area contributed by atoms with E-state index >= 15 is 0 Å². The Morgan fingerprint density at radius 1 is 1.07 bits per heavy atom. The van der Waals surface area contributed by atoms with Crippen LogP contribution in [0.4, 0.5) is 5.69 Å². The molecule has 0 bridgehead atoms. The minimum absolute atomic E-state index is 0.354. The van der Waals surface area contributed by atoms with Crippen molar-refractivity contribution < 1.29 is 22.7 Å². The van der Waals surface area contributed by atoms with E-state index in [0.717, 1.165) is 34.7 Å². The lowest BCUT2D eigenvalue weighted by Crippen LogP contribution is -2.48. The molecule has 2 aromatic rings. The second-order valence-electron chi connectivity index (χ2n) is 6.68. The second-order valence-corrected chi connectivity index (χ2v) is 8.54. The van der Waals surface area contributed by atoms with E-state index in [9.17, 15) is 13.2 Å². The van der Waals surface area contributed by atoms with E-state index in [2.05, 4.69) is 5.32 Å². The molecule has 0 unspecified atom stereocenters. The lowest BCUT2D eigenvalue weighted by atomic mass is 10.1. The van der Waals surface area contributed by atoms with Gasteiger partial charge >= 0.3 is 0 Å². The van der Waals surface area contributed by atoms with Gasteiger partial charge in [0.1, 0.15) is 17.5 Å². The highest BCUT2D eigenvalue weighted by Gasteiger charge is 2.29. The van der Waals surface area contributed by atoms with E-state index in [1.165, 1.54) is 7.11 Å². The van der Waals surface area contributed by atoms with Crippen LogP contribution in [0, 0.1) is 0 Å². The van der Waals surface area contributed by atoms with E-state index in [-0.39, 0.29) is 5.91 Å². The van der Waals surface area contributed by atoms with Crippen molar-refractivity contribution in [1.29, 1.82) is 0 Å². The molecule has 0 heterocycles. The summed E-state index contributed by atoms with van der Waals surface area (Å²) >= 11 is 0. The maximum atomic E-state index is 12.6. The van der Waals surface area contributed by atoms with Crippen molar-refractivity contribution in [1.82, 2.24) is 5.32 Å². The third kappa shape index (κ3) is 6.39. The largest absolute Gasteiger partial charge is 0.497 e. The summed E-state index contributed by atoms with van der Waals surface area (Å²) in [7, 11) is -0.537. The Balaban J connectivity index is 1.97. The van der Waals surface area contributed by atoms with Crippen LogP contribution in [0.1, 0.15) is 18.9 Å². The average molecular weight is 421 g/mol. The number of methoxy groups -OCH3 is 2. The first-order chi connectivity index (χ1) is 13.8. The number of nitrogens with zero attached hydrogens (tertiary/aromatic N) is 1. The molecule has 0 fully saturated rings. The van der Waals surface area contributed by atoms with Crippen LogP contribution >= 0.6 is 0 Å². The zero-order valence-corrected chi connectivity index (χ0v) is 18.0. The number of sulfonamides is 1. The number of hydrogen-bond acceptors (Lipinski definition) is 5. The van der Waals surface area contributed by atoms with Gasteiger partial charge in [0, 0.05) is 12.6 Å². The van der Waals surface area contributed by atoms with Crippen LogP contribution < -0.4 is 19.1 Å². The average Bonchev–Trinajstić information content (AvgIpc) is 2.70. The Hall–Kier alpha value is -2.74. The number of carbonyl (C=O) groups excluding carboxylic acids is 1. The number of benzene rings is 2. The summed E-state index contributed by atoms with van der Waals surface area (Å²) in [6.45, 7) is 2.02. The molecule has 0 saturated heterocycles. The Morgan fingerprint density at radius 3 is 2.31 bits per heavy atom. The molecule has 158 valence electrons. The zero-order chi connectivity index (χ0) is 21.4. The molecule has 0 spiro atoms. The number of anilines is 1. The van der Waals surface area contributed by atoms with Gasteiger partial charge in [-0.2, -0.15) is 0 Å². The number of aryl methyl sites for hydroxylation is 1. The number of ether oxygens (including phenoxy) is 2. The molecule has 0 saturated carbocycles. The van der Waals surface area contributed by atoms with Gasteiger partial charge in [-0.15, -0.1) is 0 Å². The molecule has 2 rings (SSSR count). The van der Waals surface area contributed by atoms with Crippen molar-refractivity contribution >= 4 is 21.6 Å². The van der Waals surface area contributed by atoms with Crippen LogP contribution in [0.3, 0.4) is 0 Å². The molecule has 0 aliphatic heterocycles.